The van der Waals surface area contributed by atoms with E-state index in [2.05, 4.69) is 27.3 Å². The summed E-state index contributed by atoms with van der Waals surface area (Å²) in [5.41, 5.74) is 0.977. The number of nitrogens with zero attached hydrogens (tertiary/aromatic N) is 3. The molecule has 2 fully saturated rings. The maximum Gasteiger partial charge on any atom is 0.227 e. The highest BCUT2D eigenvalue weighted by Crippen LogP contribution is 2.36. The Bertz CT molecular complexity index is 875. The van der Waals surface area contributed by atoms with Gasteiger partial charge < -0.3 is 15.3 Å². The molecule has 2 aromatic rings. The number of nitrogens with one attached hydrogen (secondary N) is 1. The molecular weight excluding hydrogens is 408 g/mol. The molecule has 0 unspecified atom stereocenters. The summed E-state index contributed by atoms with van der Waals surface area (Å²) < 4.78 is 12.2. The SMILES string of the molecule is C[S@](=O)c1cnc(N2CCC(c3ccc(Cl)cc3)CC2)nc1NC1(CO)CCC1. The van der Waals surface area contributed by atoms with Crippen LogP contribution in [0.4, 0.5) is 11.8 Å². The summed E-state index contributed by atoms with van der Waals surface area (Å²) in [6.07, 6.45) is 8.21. The van der Waals surface area contributed by atoms with Crippen LogP contribution in [0.5, 0.6) is 0 Å². The number of aliphatic hydroxyl groups is 1. The highest BCUT2D eigenvalue weighted by atomic mass is 35.5. The lowest BCUT2D eigenvalue weighted by Crippen LogP contribution is -2.48. The largest absolute Gasteiger partial charge is 0.394 e. The third-order valence-electron chi connectivity index (χ3n) is 6.17. The molecule has 156 valence electrons. The van der Waals surface area contributed by atoms with E-state index in [1.165, 1.54) is 5.56 Å². The van der Waals surface area contributed by atoms with Gasteiger partial charge in [0, 0.05) is 24.4 Å². The normalized spacial score (nSPS) is 20.2. The second-order valence-electron chi connectivity index (χ2n) is 8.07. The Morgan fingerprint density at radius 3 is 2.52 bits per heavy atom. The summed E-state index contributed by atoms with van der Waals surface area (Å²) in [5.74, 6) is 1.75. The van der Waals surface area contributed by atoms with Gasteiger partial charge in [0.25, 0.3) is 0 Å². The van der Waals surface area contributed by atoms with Gasteiger partial charge in [-0.05, 0) is 55.7 Å². The second kappa shape index (κ2) is 8.58. The topological polar surface area (TPSA) is 78.4 Å². The Labute approximate surface area is 179 Å². The Kier molecular flexibility index (Phi) is 6.08. The van der Waals surface area contributed by atoms with E-state index in [1.54, 1.807) is 12.5 Å². The number of benzene rings is 1. The van der Waals surface area contributed by atoms with Crippen LogP contribution in [-0.4, -0.2) is 50.8 Å². The lowest BCUT2D eigenvalue weighted by atomic mass is 9.77. The number of hydrogen-bond acceptors (Lipinski definition) is 6. The number of piperidine rings is 1. The molecule has 0 bridgehead atoms. The molecule has 29 heavy (non-hydrogen) atoms. The minimum Gasteiger partial charge on any atom is -0.394 e. The summed E-state index contributed by atoms with van der Waals surface area (Å²) in [4.78, 5) is 12.0. The van der Waals surface area contributed by atoms with Crippen LogP contribution in [0.3, 0.4) is 0 Å². The summed E-state index contributed by atoms with van der Waals surface area (Å²) in [6, 6.07) is 8.12. The predicted molar refractivity (Wildman–Crippen MR) is 117 cm³/mol. The van der Waals surface area contributed by atoms with Crippen LogP contribution in [0.2, 0.25) is 5.02 Å². The first-order chi connectivity index (χ1) is 14.0. The van der Waals surface area contributed by atoms with Crippen molar-refractivity contribution in [2.75, 3.05) is 36.2 Å². The van der Waals surface area contributed by atoms with Gasteiger partial charge in [-0.2, -0.15) is 4.98 Å². The van der Waals surface area contributed by atoms with Crippen LogP contribution in [-0.2, 0) is 10.8 Å². The molecule has 2 aliphatic rings. The summed E-state index contributed by atoms with van der Waals surface area (Å²) in [7, 11) is -1.20. The predicted octanol–water partition coefficient (Wildman–Crippen LogP) is 3.58. The van der Waals surface area contributed by atoms with Gasteiger partial charge in [0.2, 0.25) is 5.95 Å². The van der Waals surface area contributed by atoms with Crippen molar-refractivity contribution in [1.82, 2.24) is 9.97 Å². The number of hydrogen-bond donors (Lipinski definition) is 2. The van der Waals surface area contributed by atoms with Gasteiger partial charge >= 0.3 is 0 Å². The third kappa shape index (κ3) is 4.42. The average Bonchev–Trinajstić information content (AvgIpc) is 2.71. The maximum absolute atomic E-state index is 12.2. The lowest BCUT2D eigenvalue weighted by molar-refractivity contribution is 0.143. The van der Waals surface area contributed by atoms with Crippen LogP contribution >= 0.6 is 11.6 Å². The quantitative estimate of drug-likeness (QED) is 0.723. The number of aromatic nitrogens is 2. The van der Waals surface area contributed by atoms with Gasteiger partial charge in [-0.25, -0.2) is 4.98 Å². The molecule has 1 aliphatic heterocycles. The Balaban J connectivity index is 1.49. The summed E-state index contributed by atoms with van der Waals surface area (Å²) in [5, 5.41) is 13.9. The molecule has 2 heterocycles. The fourth-order valence-electron chi connectivity index (χ4n) is 4.14. The van der Waals surface area contributed by atoms with Crippen molar-refractivity contribution in [3.8, 4) is 0 Å². The number of halogens is 1. The van der Waals surface area contributed by atoms with Crippen molar-refractivity contribution >= 4 is 34.2 Å². The van der Waals surface area contributed by atoms with E-state index in [-0.39, 0.29) is 12.1 Å². The average molecular weight is 435 g/mol. The maximum atomic E-state index is 12.2. The molecule has 1 aromatic carbocycles. The molecule has 1 saturated carbocycles. The minimum absolute atomic E-state index is 0.0502. The van der Waals surface area contributed by atoms with Gasteiger partial charge in [0.15, 0.2) is 0 Å². The monoisotopic (exact) mass is 434 g/mol. The number of anilines is 2. The Hall–Kier alpha value is -1.70. The van der Waals surface area contributed by atoms with E-state index in [9.17, 15) is 9.32 Å². The fourth-order valence-corrected chi connectivity index (χ4v) is 4.83. The van der Waals surface area contributed by atoms with Crippen molar-refractivity contribution < 1.29 is 9.32 Å². The third-order valence-corrected chi connectivity index (χ3v) is 7.34. The first-order valence-electron chi connectivity index (χ1n) is 10.1. The van der Waals surface area contributed by atoms with E-state index in [0.29, 0.717) is 22.6 Å². The van der Waals surface area contributed by atoms with Gasteiger partial charge in [-0.3, -0.25) is 4.21 Å². The van der Waals surface area contributed by atoms with E-state index < -0.39 is 10.8 Å². The fraction of sp³-hybridized carbons (Fsp3) is 0.524. The molecule has 0 radical (unpaired) electrons. The Morgan fingerprint density at radius 2 is 1.97 bits per heavy atom. The summed E-state index contributed by atoms with van der Waals surface area (Å²) in [6.45, 7) is 1.79. The zero-order valence-electron chi connectivity index (χ0n) is 16.6. The molecule has 1 aromatic heterocycles. The highest BCUT2D eigenvalue weighted by molar-refractivity contribution is 7.84. The molecular formula is C21H27ClN4O2S. The van der Waals surface area contributed by atoms with Crippen LogP contribution in [0.25, 0.3) is 0 Å². The first-order valence-corrected chi connectivity index (χ1v) is 12.0. The van der Waals surface area contributed by atoms with Gasteiger partial charge in [0.1, 0.15) is 5.82 Å². The van der Waals surface area contributed by atoms with Crippen LogP contribution in [0.1, 0.15) is 43.6 Å². The molecule has 1 saturated heterocycles. The van der Waals surface area contributed by atoms with E-state index in [4.69, 9.17) is 16.6 Å². The molecule has 4 rings (SSSR count). The number of rotatable bonds is 6. The molecule has 8 heteroatoms. The van der Waals surface area contributed by atoms with Crippen LogP contribution in [0.15, 0.2) is 35.4 Å². The molecule has 0 spiro atoms. The lowest BCUT2D eigenvalue weighted by Gasteiger charge is -2.41. The standard InChI is InChI=1S/C21H27ClN4O2S/c1-29(28)18-13-23-20(24-19(18)25-21(14-27)9-2-10-21)26-11-7-16(8-12-26)15-3-5-17(22)6-4-15/h3-6,13,16,27H,2,7-12,14H2,1H3,(H,23,24,25)/t29-/m0/s1. The molecule has 1 atom stereocenters. The first kappa shape index (κ1) is 20.6. The number of aliphatic hydroxyl groups excluding tert-OH is 1. The molecule has 0 amide bonds. The molecule has 1 aliphatic carbocycles. The van der Waals surface area contributed by atoms with Crippen LogP contribution < -0.4 is 10.2 Å². The highest BCUT2D eigenvalue weighted by Gasteiger charge is 2.37. The van der Waals surface area contributed by atoms with Crippen molar-refractivity contribution in [1.29, 1.82) is 0 Å². The molecule has 2 N–H and O–H groups in total. The minimum atomic E-state index is -1.20. The van der Waals surface area contributed by atoms with Gasteiger partial charge in [0.05, 0.1) is 34.0 Å². The van der Waals surface area contributed by atoms with Crippen molar-refractivity contribution in [2.24, 2.45) is 0 Å². The van der Waals surface area contributed by atoms with Gasteiger partial charge in [-0.15, -0.1) is 0 Å². The smallest absolute Gasteiger partial charge is 0.227 e. The van der Waals surface area contributed by atoms with Gasteiger partial charge in [-0.1, -0.05) is 23.7 Å². The van der Waals surface area contributed by atoms with E-state index in [0.717, 1.165) is 50.2 Å². The zero-order chi connectivity index (χ0) is 20.4. The zero-order valence-corrected chi connectivity index (χ0v) is 18.2. The molecule has 6 nitrogen and oxygen atoms in total. The van der Waals surface area contributed by atoms with E-state index >= 15 is 0 Å². The Morgan fingerprint density at radius 1 is 1.28 bits per heavy atom. The summed E-state index contributed by atoms with van der Waals surface area (Å²) >= 11 is 6.01. The van der Waals surface area contributed by atoms with Crippen molar-refractivity contribution in [3.05, 3.63) is 41.0 Å². The van der Waals surface area contributed by atoms with Crippen LogP contribution in [0, 0.1) is 0 Å². The second-order valence-corrected chi connectivity index (χ2v) is 9.85. The van der Waals surface area contributed by atoms with Crippen molar-refractivity contribution in [3.63, 3.8) is 0 Å². The van der Waals surface area contributed by atoms with E-state index in [1.807, 2.05) is 12.1 Å². The van der Waals surface area contributed by atoms with Crippen molar-refractivity contribution in [2.45, 2.75) is 48.5 Å².